The van der Waals surface area contributed by atoms with E-state index < -0.39 is 0 Å². The summed E-state index contributed by atoms with van der Waals surface area (Å²) in [6.45, 7) is 5.13. The van der Waals surface area contributed by atoms with Crippen molar-refractivity contribution in [2.45, 2.75) is 19.5 Å². The molecule has 0 bridgehead atoms. The lowest BCUT2D eigenvalue weighted by Gasteiger charge is -2.18. The molecule has 2 aromatic rings. The Bertz CT molecular complexity index is 492. The lowest BCUT2D eigenvalue weighted by atomic mass is 10.1. The predicted octanol–water partition coefficient (Wildman–Crippen LogP) is 1.88. The Hall–Kier alpha value is -1.65. The van der Waals surface area contributed by atoms with E-state index in [1.54, 1.807) is 0 Å². The van der Waals surface area contributed by atoms with Gasteiger partial charge in [0.25, 0.3) is 0 Å². The monoisotopic (exact) mass is 258 g/mol. The van der Waals surface area contributed by atoms with Gasteiger partial charge in [0.15, 0.2) is 0 Å². The molecule has 19 heavy (non-hydrogen) atoms. The van der Waals surface area contributed by atoms with Crippen molar-refractivity contribution in [3.63, 3.8) is 0 Å². The van der Waals surface area contributed by atoms with Crippen molar-refractivity contribution < 1.29 is 0 Å². The van der Waals surface area contributed by atoms with Gasteiger partial charge in [0.2, 0.25) is 0 Å². The first-order valence-corrected chi connectivity index (χ1v) is 6.71. The van der Waals surface area contributed by atoms with Crippen molar-refractivity contribution in [2.24, 2.45) is 5.73 Å². The third-order valence-corrected chi connectivity index (χ3v) is 3.48. The van der Waals surface area contributed by atoms with Crippen molar-refractivity contribution >= 4 is 0 Å². The number of hydrogen-bond donors (Lipinski definition) is 1. The summed E-state index contributed by atoms with van der Waals surface area (Å²) >= 11 is 0. The van der Waals surface area contributed by atoms with Crippen LogP contribution in [0.2, 0.25) is 0 Å². The van der Waals surface area contributed by atoms with Crippen LogP contribution in [0.4, 0.5) is 0 Å². The van der Waals surface area contributed by atoms with Crippen LogP contribution in [-0.2, 0) is 6.54 Å². The van der Waals surface area contributed by atoms with Crippen LogP contribution < -0.4 is 5.73 Å². The third kappa shape index (κ3) is 3.43. The van der Waals surface area contributed by atoms with Gasteiger partial charge in [-0.05, 0) is 19.2 Å². The Labute approximate surface area is 114 Å². The molecule has 0 aliphatic heterocycles. The average Bonchev–Trinajstić information content (AvgIpc) is 2.93. The maximum Gasteiger partial charge on any atom is 0.0949 e. The zero-order valence-electron chi connectivity index (χ0n) is 11.7. The molecule has 1 heterocycles. The molecule has 0 aliphatic rings. The van der Waals surface area contributed by atoms with Gasteiger partial charge < -0.3 is 15.2 Å². The summed E-state index contributed by atoms with van der Waals surface area (Å²) in [4.78, 5) is 6.51. The summed E-state index contributed by atoms with van der Waals surface area (Å²) in [5.41, 5.74) is 8.51. The summed E-state index contributed by atoms with van der Waals surface area (Å²) in [5, 5.41) is 0. The molecule has 102 valence electrons. The molecular weight excluding hydrogens is 236 g/mol. The van der Waals surface area contributed by atoms with Crippen molar-refractivity contribution in [3.8, 4) is 0 Å². The molecule has 1 aromatic carbocycles. The molecule has 4 heteroatoms. The third-order valence-electron chi connectivity index (χ3n) is 3.48. The molecule has 1 unspecified atom stereocenters. The van der Waals surface area contributed by atoms with Gasteiger partial charge in [0, 0.05) is 13.1 Å². The SMILES string of the molecule is CCN(C)CCn1cncc1C(N)c1ccccc1. The number of benzene rings is 1. The first-order chi connectivity index (χ1) is 9.22. The van der Waals surface area contributed by atoms with E-state index >= 15 is 0 Å². The second-order valence-electron chi connectivity index (χ2n) is 4.80. The maximum atomic E-state index is 6.33. The predicted molar refractivity (Wildman–Crippen MR) is 77.9 cm³/mol. The molecule has 2 rings (SSSR count). The van der Waals surface area contributed by atoms with Crippen molar-refractivity contribution in [3.05, 3.63) is 54.1 Å². The van der Waals surface area contributed by atoms with Crippen LogP contribution in [0.25, 0.3) is 0 Å². The van der Waals surface area contributed by atoms with Gasteiger partial charge in [-0.1, -0.05) is 37.3 Å². The quantitative estimate of drug-likeness (QED) is 0.860. The lowest BCUT2D eigenvalue weighted by molar-refractivity contribution is 0.333. The molecule has 0 spiro atoms. The smallest absolute Gasteiger partial charge is 0.0949 e. The summed E-state index contributed by atoms with van der Waals surface area (Å²) in [7, 11) is 2.12. The fourth-order valence-corrected chi connectivity index (χ4v) is 2.04. The minimum atomic E-state index is -0.115. The highest BCUT2D eigenvalue weighted by Crippen LogP contribution is 2.18. The number of hydrogen-bond acceptors (Lipinski definition) is 3. The van der Waals surface area contributed by atoms with Gasteiger partial charge in [-0.25, -0.2) is 4.98 Å². The summed E-state index contributed by atoms with van der Waals surface area (Å²) < 4.78 is 2.14. The topological polar surface area (TPSA) is 47.1 Å². The van der Waals surface area contributed by atoms with Gasteiger partial charge >= 0.3 is 0 Å². The number of nitrogens with two attached hydrogens (primary N) is 1. The largest absolute Gasteiger partial charge is 0.332 e. The molecule has 1 aromatic heterocycles. The van der Waals surface area contributed by atoms with E-state index in [1.807, 2.05) is 30.7 Å². The van der Waals surface area contributed by atoms with Gasteiger partial charge in [-0.2, -0.15) is 0 Å². The fraction of sp³-hybridized carbons (Fsp3) is 0.400. The van der Waals surface area contributed by atoms with Crippen molar-refractivity contribution in [2.75, 3.05) is 20.1 Å². The Morgan fingerprint density at radius 3 is 2.74 bits per heavy atom. The van der Waals surface area contributed by atoms with E-state index in [4.69, 9.17) is 5.73 Å². The number of imidazole rings is 1. The minimum absolute atomic E-state index is 0.115. The van der Waals surface area contributed by atoms with Crippen LogP contribution in [-0.4, -0.2) is 34.6 Å². The van der Waals surface area contributed by atoms with Crippen LogP contribution >= 0.6 is 0 Å². The summed E-state index contributed by atoms with van der Waals surface area (Å²) in [6, 6.07) is 10.0. The van der Waals surface area contributed by atoms with Crippen LogP contribution in [0.3, 0.4) is 0 Å². The van der Waals surface area contributed by atoms with E-state index in [-0.39, 0.29) is 6.04 Å². The van der Waals surface area contributed by atoms with Crippen LogP contribution in [0, 0.1) is 0 Å². The van der Waals surface area contributed by atoms with E-state index in [0.29, 0.717) is 0 Å². The Morgan fingerprint density at radius 2 is 2.05 bits per heavy atom. The van der Waals surface area contributed by atoms with E-state index in [0.717, 1.165) is 30.9 Å². The van der Waals surface area contributed by atoms with Gasteiger partial charge in [0.05, 0.1) is 24.3 Å². The molecule has 0 radical (unpaired) electrons. The first-order valence-electron chi connectivity index (χ1n) is 6.71. The van der Waals surface area contributed by atoms with E-state index in [9.17, 15) is 0 Å². The van der Waals surface area contributed by atoms with Gasteiger partial charge in [-0.3, -0.25) is 0 Å². The molecule has 1 atom stereocenters. The Kier molecular flexibility index (Phi) is 4.71. The molecule has 2 N–H and O–H groups in total. The molecule has 0 saturated carbocycles. The van der Waals surface area contributed by atoms with Gasteiger partial charge in [-0.15, -0.1) is 0 Å². The second-order valence-corrected chi connectivity index (χ2v) is 4.80. The minimum Gasteiger partial charge on any atom is -0.332 e. The van der Waals surface area contributed by atoms with Crippen molar-refractivity contribution in [1.29, 1.82) is 0 Å². The normalized spacial score (nSPS) is 12.8. The number of nitrogens with zero attached hydrogens (tertiary/aromatic N) is 3. The number of rotatable bonds is 6. The molecular formula is C15H22N4. The number of likely N-dealkylation sites (N-methyl/N-ethyl adjacent to an activating group) is 1. The molecule has 4 nitrogen and oxygen atoms in total. The lowest BCUT2D eigenvalue weighted by Crippen LogP contribution is -2.24. The zero-order valence-corrected chi connectivity index (χ0v) is 11.7. The number of aromatic nitrogens is 2. The average molecular weight is 258 g/mol. The van der Waals surface area contributed by atoms with Gasteiger partial charge in [0.1, 0.15) is 0 Å². The summed E-state index contributed by atoms with van der Waals surface area (Å²) in [5.74, 6) is 0. The molecule has 0 saturated heterocycles. The molecule has 0 fully saturated rings. The van der Waals surface area contributed by atoms with E-state index in [1.165, 1.54) is 0 Å². The molecule has 0 amide bonds. The highest BCUT2D eigenvalue weighted by Gasteiger charge is 2.13. The fourth-order valence-electron chi connectivity index (χ4n) is 2.04. The zero-order chi connectivity index (χ0) is 13.7. The standard InChI is InChI=1S/C15H22N4/c1-3-18(2)9-10-19-12-17-11-14(19)15(16)13-7-5-4-6-8-13/h4-8,11-12,15H,3,9-10,16H2,1-2H3. The van der Waals surface area contributed by atoms with Crippen LogP contribution in [0.15, 0.2) is 42.9 Å². The highest BCUT2D eigenvalue weighted by atomic mass is 15.1. The molecule has 0 aliphatic carbocycles. The first kappa shape index (κ1) is 13.8. The Morgan fingerprint density at radius 1 is 1.32 bits per heavy atom. The highest BCUT2D eigenvalue weighted by molar-refractivity contribution is 5.26. The van der Waals surface area contributed by atoms with Crippen LogP contribution in [0.5, 0.6) is 0 Å². The Balaban J connectivity index is 2.11. The van der Waals surface area contributed by atoms with Crippen molar-refractivity contribution in [1.82, 2.24) is 14.5 Å². The van der Waals surface area contributed by atoms with E-state index in [2.05, 4.69) is 40.6 Å². The second kappa shape index (κ2) is 6.50. The summed E-state index contributed by atoms with van der Waals surface area (Å²) in [6.07, 6.45) is 3.73. The maximum absolute atomic E-state index is 6.33. The van der Waals surface area contributed by atoms with Crippen LogP contribution in [0.1, 0.15) is 24.2 Å².